The number of hydrogen-bond donors (Lipinski definition) is 0. The van der Waals surface area contributed by atoms with Gasteiger partial charge in [-0.2, -0.15) is 0 Å². The van der Waals surface area contributed by atoms with E-state index in [0.717, 1.165) is 17.1 Å². The molecule has 0 saturated heterocycles. The molecule has 0 N–H and O–H groups in total. The predicted octanol–water partition coefficient (Wildman–Crippen LogP) is 7.48. The molecule has 0 bridgehead atoms. The van der Waals surface area contributed by atoms with Crippen molar-refractivity contribution < 1.29 is 0 Å². The zero-order valence-electron chi connectivity index (χ0n) is 15.7. The van der Waals surface area contributed by atoms with Gasteiger partial charge in [0.15, 0.2) is 0 Å². The van der Waals surface area contributed by atoms with Crippen LogP contribution in [0.15, 0.2) is 91.7 Å². The van der Waals surface area contributed by atoms with Gasteiger partial charge in [0.05, 0.1) is 0 Å². The van der Waals surface area contributed by atoms with Crippen molar-refractivity contribution in [1.82, 2.24) is 0 Å². The molecule has 4 rings (SSSR count). The fourth-order valence-electron chi connectivity index (χ4n) is 3.99. The Morgan fingerprint density at radius 3 is 2.22 bits per heavy atom. The van der Waals surface area contributed by atoms with E-state index in [2.05, 4.69) is 74.4 Å². The van der Waals surface area contributed by atoms with Crippen molar-refractivity contribution in [2.24, 2.45) is 0 Å². The molecule has 0 heterocycles. The van der Waals surface area contributed by atoms with Crippen LogP contribution in [0, 0.1) is 0 Å². The fourth-order valence-corrected chi connectivity index (χ4v) is 4.12. The van der Waals surface area contributed by atoms with E-state index in [1.54, 1.807) is 6.08 Å². The second kappa shape index (κ2) is 6.44. The van der Waals surface area contributed by atoms with E-state index < -0.39 is 0 Å². The zero-order valence-corrected chi connectivity index (χ0v) is 16.4. The standard InChI is InChI=1S/C25H22ClN/c1-5-17(2)27(19-12-10-18(26)11-13-19)20-14-15-22-21-8-6-7-9-23(21)25(3,4)24(22)16-20/h5-16H,1-2H2,3-4H3. The van der Waals surface area contributed by atoms with Crippen LogP contribution in [0.4, 0.5) is 11.4 Å². The van der Waals surface area contributed by atoms with Gasteiger partial charge in [-0.1, -0.05) is 68.9 Å². The average molecular weight is 372 g/mol. The maximum atomic E-state index is 6.08. The second-order valence-corrected chi connectivity index (χ2v) is 7.84. The summed E-state index contributed by atoms with van der Waals surface area (Å²) in [6.07, 6.45) is 1.78. The van der Waals surface area contributed by atoms with Gasteiger partial charge in [0.2, 0.25) is 0 Å². The highest BCUT2D eigenvalue weighted by Crippen LogP contribution is 2.50. The molecule has 1 nitrogen and oxygen atoms in total. The molecule has 0 unspecified atom stereocenters. The van der Waals surface area contributed by atoms with Crippen molar-refractivity contribution in [2.45, 2.75) is 19.3 Å². The Balaban J connectivity index is 1.87. The Morgan fingerprint density at radius 2 is 1.52 bits per heavy atom. The number of anilines is 2. The van der Waals surface area contributed by atoms with Crippen molar-refractivity contribution in [3.63, 3.8) is 0 Å². The average Bonchev–Trinajstić information content (AvgIpc) is 2.91. The van der Waals surface area contributed by atoms with E-state index in [1.807, 2.05) is 24.3 Å². The molecule has 0 aromatic heterocycles. The molecule has 3 aromatic rings. The van der Waals surface area contributed by atoms with Crippen LogP contribution in [-0.4, -0.2) is 0 Å². The Morgan fingerprint density at radius 1 is 0.889 bits per heavy atom. The number of benzene rings is 3. The third kappa shape index (κ3) is 2.79. The maximum absolute atomic E-state index is 6.08. The lowest BCUT2D eigenvalue weighted by Gasteiger charge is -2.28. The molecular weight excluding hydrogens is 350 g/mol. The smallest absolute Gasteiger partial charge is 0.0464 e. The fraction of sp³-hybridized carbons (Fsp3) is 0.120. The molecule has 1 aliphatic rings. The summed E-state index contributed by atoms with van der Waals surface area (Å²) in [5.74, 6) is 0. The molecule has 1 aliphatic carbocycles. The number of allylic oxidation sites excluding steroid dienone is 1. The quantitative estimate of drug-likeness (QED) is 0.429. The molecule has 0 atom stereocenters. The Bertz CT molecular complexity index is 1040. The number of fused-ring (bicyclic) bond motifs is 3. The summed E-state index contributed by atoms with van der Waals surface area (Å²) in [5, 5.41) is 0.716. The van der Waals surface area contributed by atoms with E-state index in [4.69, 9.17) is 11.6 Å². The summed E-state index contributed by atoms with van der Waals surface area (Å²) in [5.41, 5.74) is 8.20. The lowest BCUT2D eigenvalue weighted by atomic mass is 9.82. The first-order valence-electron chi connectivity index (χ1n) is 9.05. The van der Waals surface area contributed by atoms with Crippen LogP contribution in [0.5, 0.6) is 0 Å². The Hall–Kier alpha value is -2.77. The van der Waals surface area contributed by atoms with E-state index in [0.29, 0.717) is 5.02 Å². The monoisotopic (exact) mass is 371 g/mol. The molecule has 0 fully saturated rings. The third-order valence-corrected chi connectivity index (χ3v) is 5.68. The van der Waals surface area contributed by atoms with Crippen molar-refractivity contribution in [2.75, 3.05) is 4.90 Å². The summed E-state index contributed by atoms with van der Waals surface area (Å²) in [7, 11) is 0. The summed E-state index contributed by atoms with van der Waals surface area (Å²) in [4.78, 5) is 2.11. The summed E-state index contributed by atoms with van der Waals surface area (Å²) in [6, 6.07) is 23.1. The Kier molecular flexibility index (Phi) is 4.20. The largest absolute Gasteiger partial charge is 0.311 e. The minimum atomic E-state index is -0.0386. The molecule has 0 spiro atoms. The summed E-state index contributed by atoms with van der Waals surface area (Å²) in [6.45, 7) is 12.7. The number of hydrogen-bond acceptors (Lipinski definition) is 1. The minimum absolute atomic E-state index is 0.0386. The highest BCUT2D eigenvalue weighted by Gasteiger charge is 2.35. The second-order valence-electron chi connectivity index (χ2n) is 7.41. The summed E-state index contributed by atoms with van der Waals surface area (Å²) < 4.78 is 0. The van der Waals surface area contributed by atoms with Crippen LogP contribution in [0.1, 0.15) is 25.0 Å². The lowest BCUT2D eigenvalue weighted by molar-refractivity contribution is 0.660. The van der Waals surface area contributed by atoms with Gasteiger partial charge in [0, 0.05) is 27.5 Å². The van der Waals surface area contributed by atoms with Crippen LogP contribution in [-0.2, 0) is 5.41 Å². The maximum Gasteiger partial charge on any atom is 0.0464 e. The van der Waals surface area contributed by atoms with Crippen molar-refractivity contribution >= 4 is 23.0 Å². The number of halogens is 1. The SMILES string of the molecule is C=CC(=C)N(c1ccc(Cl)cc1)c1ccc2c(c1)C(C)(C)c1ccccc1-2. The van der Waals surface area contributed by atoms with Gasteiger partial charge in [-0.25, -0.2) is 0 Å². The van der Waals surface area contributed by atoms with Gasteiger partial charge in [-0.3, -0.25) is 0 Å². The van der Waals surface area contributed by atoms with Crippen LogP contribution >= 0.6 is 11.6 Å². The molecule has 134 valence electrons. The topological polar surface area (TPSA) is 3.24 Å². The molecule has 3 aromatic carbocycles. The van der Waals surface area contributed by atoms with Crippen LogP contribution < -0.4 is 4.90 Å². The van der Waals surface area contributed by atoms with Crippen LogP contribution in [0.2, 0.25) is 5.02 Å². The van der Waals surface area contributed by atoms with Gasteiger partial charge in [-0.05, 0) is 64.7 Å². The van der Waals surface area contributed by atoms with Crippen LogP contribution in [0.3, 0.4) is 0 Å². The molecule has 2 heteroatoms. The number of nitrogens with zero attached hydrogens (tertiary/aromatic N) is 1. The van der Waals surface area contributed by atoms with E-state index in [-0.39, 0.29) is 5.41 Å². The van der Waals surface area contributed by atoms with Gasteiger partial charge >= 0.3 is 0 Å². The van der Waals surface area contributed by atoms with Crippen molar-refractivity contribution in [3.8, 4) is 11.1 Å². The highest BCUT2D eigenvalue weighted by molar-refractivity contribution is 6.30. The van der Waals surface area contributed by atoms with Gasteiger partial charge in [0.25, 0.3) is 0 Å². The Labute approximate surface area is 166 Å². The molecule has 27 heavy (non-hydrogen) atoms. The van der Waals surface area contributed by atoms with E-state index >= 15 is 0 Å². The van der Waals surface area contributed by atoms with Crippen molar-refractivity contribution in [3.05, 3.63) is 108 Å². The van der Waals surface area contributed by atoms with Gasteiger partial charge < -0.3 is 4.90 Å². The first-order valence-corrected chi connectivity index (χ1v) is 9.42. The van der Waals surface area contributed by atoms with Crippen LogP contribution in [0.25, 0.3) is 11.1 Å². The van der Waals surface area contributed by atoms with Gasteiger partial charge in [0.1, 0.15) is 0 Å². The highest BCUT2D eigenvalue weighted by atomic mass is 35.5. The van der Waals surface area contributed by atoms with Gasteiger partial charge in [-0.15, -0.1) is 0 Å². The molecule has 0 aliphatic heterocycles. The first kappa shape index (κ1) is 17.6. The molecule has 0 radical (unpaired) electrons. The first-order chi connectivity index (χ1) is 12.9. The normalized spacial score (nSPS) is 13.6. The predicted molar refractivity (Wildman–Crippen MR) is 117 cm³/mol. The van der Waals surface area contributed by atoms with E-state index in [1.165, 1.54) is 22.3 Å². The van der Waals surface area contributed by atoms with Crippen molar-refractivity contribution in [1.29, 1.82) is 0 Å². The van der Waals surface area contributed by atoms with E-state index in [9.17, 15) is 0 Å². The molecule has 0 amide bonds. The number of rotatable bonds is 4. The minimum Gasteiger partial charge on any atom is -0.311 e. The molecule has 0 saturated carbocycles. The third-order valence-electron chi connectivity index (χ3n) is 5.43. The lowest BCUT2D eigenvalue weighted by Crippen LogP contribution is -2.18. The summed E-state index contributed by atoms with van der Waals surface area (Å²) >= 11 is 6.08. The molecular formula is C25H22ClN. The zero-order chi connectivity index (χ0) is 19.2.